The van der Waals surface area contributed by atoms with Crippen molar-refractivity contribution in [3.05, 3.63) is 90.6 Å². The molecule has 0 aliphatic carbocycles. The third kappa shape index (κ3) is 4.77. The molecule has 10 heteroatoms. The van der Waals surface area contributed by atoms with E-state index in [-0.39, 0.29) is 5.56 Å². The molecule has 3 aromatic heterocycles. The van der Waals surface area contributed by atoms with Crippen LogP contribution in [-0.2, 0) is 12.8 Å². The highest BCUT2D eigenvalue weighted by molar-refractivity contribution is 7.15. The Balaban J connectivity index is 1.38. The summed E-state index contributed by atoms with van der Waals surface area (Å²) in [6.07, 6.45) is 2.87. The van der Waals surface area contributed by atoms with Crippen LogP contribution in [0.1, 0.15) is 17.1 Å². The zero-order valence-electron chi connectivity index (χ0n) is 18.7. The van der Waals surface area contributed by atoms with E-state index >= 15 is 0 Å². The van der Waals surface area contributed by atoms with Gasteiger partial charge in [-0.25, -0.2) is 4.98 Å². The first-order chi connectivity index (χ1) is 16.9. The Bertz CT molecular complexity index is 1640. The molecule has 0 unspecified atom stereocenters. The molecular formula is C25H19Cl2N3O4S. The summed E-state index contributed by atoms with van der Waals surface area (Å²) in [6.45, 7) is 0. The minimum Gasteiger partial charge on any atom is -0.497 e. The molecule has 7 nitrogen and oxygen atoms in total. The maximum atomic E-state index is 12.9. The van der Waals surface area contributed by atoms with Gasteiger partial charge in [0.15, 0.2) is 5.82 Å². The summed E-state index contributed by atoms with van der Waals surface area (Å²) in [5.41, 5.74) is 1.41. The number of ether oxygens (including phenoxy) is 2. The molecule has 0 amide bonds. The zero-order valence-corrected chi connectivity index (χ0v) is 21.1. The molecule has 5 rings (SSSR count). The summed E-state index contributed by atoms with van der Waals surface area (Å²) >= 11 is 13.6. The first kappa shape index (κ1) is 23.4. The zero-order chi connectivity index (χ0) is 24.5. The van der Waals surface area contributed by atoms with E-state index < -0.39 is 0 Å². The maximum Gasteiger partial charge on any atom is 0.291 e. The topological polar surface area (TPSA) is 78.9 Å². The van der Waals surface area contributed by atoms with Crippen molar-refractivity contribution in [3.63, 3.8) is 0 Å². The van der Waals surface area contributed by atoms with Gasteiger partial charge < -0.3 is 13.9 Å². The van der Waals surface area contributed by atoms with E-state index in [2.05, 4.69) is 10.1 Å². The number of aromatic nitrogens is 3. The summed E-state index contributed by atoms with van der Waals surface area (Å²) in [5.74, 6) is 3.18. The highest BCUT2D eigenvalue weighted by Crippen LogP contribution is 2.32. The maximum absolute atomic E-state index is 12.9. The van der Waals surface area contributed by atoms with Gasteiger partial charge in [-0.2, -0.15) is 4.52 Å². The molecule has 0 fully saturated rings. The van der Waals surface area contributed by atoms with Gasteiger partial charge in [0.25, 0.3) is 5.56 Å². The van der Waals surface area contributed by atoms with Gasteiger partial charge in [0.2, 0.25) is 4.96 Å². The van der Waals surface area contributed by atoms with Crippen LogP contribution in [0.3, 0.4) is 0 Å². The Labute approximate surface area is 214 Å². The van der Waals surface area contributed by atoms with Crippen LogP contribution in [0.5, 0.6) is 11.5 Å². The van der Waals surface area contributed by atoms with Gasteiger partial charge >= 0.3 is 0 Å². The lowest BCUT2D eigenvalue weighted by Crippen LogP contribution is -2.23. The Morgan fingerprint density at radius 2 is 1.91 bits per heavy atom. The number of hydrogen-bond acceptors (Lipinski definition) is 7. The van der Waals surface area contributed by atoms with Gasteiger partial charge in [0, 0.05) is 23.1 Å². The highest BCUT2D eigenvalue weighted by Gasteiger charge is 2.14. The monoisotopic (exact) mass is 527 g/mol. The van der Waals surface area contributed by atoms with Gasteiger partial charge in [0.05, 0.1) is 19.2 Å². The fourth-order valence-corrected chi connectivity index (χ4v) is 4.98. The molecule has 0 saturated carbocycles. The van der Waals surface area contributed by atoms with Crippen molar-refractivity contribution in [3.8, 4) is 22.8 Å². The number of nitrogens with zero attached hydrogens (tertiary/aromatic N) is 3. The van der Waals surface area contributed by atoms with Gasteiger partial charge in [-0.1, -0.05) is 34.5 Å². The molecule has 35 heavy (non-hydrogen) atoms. The second-order valence-corrected chi connectivity index (χ2v) is 9.49. The van der Waals surface area contributed by atoms with Crippen LogP contribution >= 0.6 is 34.5 Å². The average molecular weight is 528 g/mol. The van der Waals surface area contributed by atoms with Crippen molar-refractivity contribution in [2.24, 2.45) is 0 Å². The number of benzene rings is 2. The van der Waals surface area contributed by atoms with Crippen LogP contribution in [0.15, 0.2) is 57.7 Å². The van der Waals surface area contributed by atoms with E-state index in [1.807, 2.05) is 18.2 Å². The molecule has 3 heterocycles. The summed E-state index contributed by atoms with van der Waals surface area (Å²) < 4.78 is 18.4. The number of fused-ring (bicyclic) bond motifs is 1. The van der Waals surface area contributed by atoms with Crippen molar-refractivity contribution in [1.29, 1.82) is 0 Å². The van der Waals surface area contributed by atoms with Gasteiger partial charge in [-0.3, -0.25) is 4.79 Å². The third-order valence-electron chi connectivity index (χ3n) is 5.43. The second-order valence-electron chi connectivity index (χ2n) is 7.64. The summed E-state index contributed by atoms with van der Waals surface area (Å²) in [6, 6.07) is 14.4. The largest absolute Gasteiger partial charge is 0.497 e. The van der Waals surface area contributed by atoms with Crippen LogP contribution in [0.25, 0.3) is 22.4 Å². The molecule has 178 valence electrons. The number of thiazole rings is 1. The van der Waals surface area contributed by atoms with E-state index in [9.17, 15) is 4.79 Å². The fraction of sp³-hybridized carbons (Fsp3) is 0.160. The lowest BCUT2D eigenvalue weighted by molar-refractivity contribution is 0.398. The molecule has 0 aliphatic rings. The van der Waals surface area contributed by atoms with Crippen LogP contribution in [-0.4, -0.2) is 28.8 Å². The van der Waals surface area contributed by atoms with Crippen LogP contribution in [0.2, 0.25) is 10.0 Å². The van der Waals surface area contributed by atoms with Gasteiger partial charge in [-0.15, -0.1) is 5.10 Å². The third-order valence-corrected chi connectivity index (χ3v) is 6.95. The standard InChI is InChI=1S/C25H19Cl2N3O4S/c1-32-16-5-8-20(33-2)14(11-16)3-10-23-28-25-30(29-23)24(31)22(35-25)13-17-6-9-21(34-17)18-12-15(26)4-7-19(18)27/h4-9,11-13H,3,10H2,1-2H3/b22-13-. The smallest absolute Gasteiger partial charge is 0.291 e. The Hall–Kier alpha value is -3.33. The number of aryl methyl sites for hydroxylation is 2. The minimum absolute atomic E-state index is 0.249. The van der Waals surface area contributed by atoms with E-state index in [1.165, 1.54) is 15.9 Å². The molecule has 0 saturated heterocycles. The molecule has 0 aliphatic heterocycles. The average Bonchev–Trinajstić information content (AvgIpc) is 3.56. The van der Waals surface area contributed by atoms with Crippen molar-refractivity contribution in [2.75, 3.05) is 14.2 Å². The molecule has 0 radical (unpaired) electrons. The molecule has 5 aromatic rings. The normalized spacial score (nSPS) is 11.9. The highest BCUT2D eigenvalue weighted by atomic mass is 35.5. The van der Waals surface area contributed by atoms with Crippen molar-refractivity contribution in [1.82, 2.24) is 14.6 Å². The minimum atomic E-state index is -0.249. The molecule has 0 N–H and O–H groups in total. The van der Waals surface area contributed by atoms with E-state index in [1.54, 1.807) is 50.6 Å². The number of methoxy groups -OCH3 is 2. The van der Waals surface area contributed by atoms with Crippen LogP contribution < -0.4 is 19.6 Å². The Morgan fingerprint density at radius 1 is 1.06 bits per heavy atom. The molecule has 0 spiro atoms. The lowest BCUT2D eigenvalue weighted by Gasteiger charge is -2.09. The summed E-state index contributed by atoms with van der Waals surface area (Å²) in [5, 5.41) is 5.49. The van der Waals surface area contributed by atoms with Gasteiger partial charge in [-0.05, 0) is 60.5 Å². The summed E-state index contributed by atoms with van der Waals surface area (Å²) in [4.78, 5) is 18.0. The first-order valence-electron chi connectivity index (χ1n) is 10.6. The first-order valence-corrected chi connectivity index (χ1v) is 12.2. The lowest BCUT2D eigenvalue weighted by atomic mass is 10.1. The molecule has 2 aromatic carbocycles. The van der Waals surface area contributed by atoms with Crippen LogP contribution in [0.4, 0.5) is 0 Å². The van der Waals surface area contributed by atoms with Crippen molar-refractivity contribution < 1.29 is 13.9 Å². The number of hydrogen-bond donors (Lipinski definition) is 0. The van der Waals surface area contributed by atoms with E-state index in [4.69, 9.17) is 37.1 Å². The Kier molecular flexibility index (Phi) is 6.51. The van der Waals surface area contributed by atoms with E-state index in [0.29, 0.717) is 55.3 Å². The van der Waals surface area contributed by atoms with Crippen molar-refractivity contribution in [2.45, 2.75) is 12.8 Å². The second kappa shape index (κ2) is 9.73. The van der Waals surface area contributed by atoms with Crippen LogP contribution in [0, 0.1) is 0 Å². The molecule has 0 atom stereocenters. The number of rotatable bonds is 7. The SMILES string of the molecule is COc1ccc(OC)c(CCc2nc3s/c(=C\c4ccc(-c5cc(Cl)ccc5Cl)o4)c(=O)n3n2)c1. The van der Waals surface area contributed by atoms with Crippen molar-refractivity contribution >= 4 is 45.6 Å². The molecular weight excluding hydrogens is 509 g/mol. The summed E-state index contributed by atoms with van der Waals surface area (Å²) in [7, 11) is 3.25. The quantitative estimate of drug-likeness (QED) is 0.294. The predicted molar refractivity (Wildman–Crippen MR) is 137 cm³/mol. The Morgan fingerprint density at radius 3 is 2.69 bits per heavy atom. The predicted octanol–water partition coefficient (Wildman–Crippen LogP) is 5.07. The van der Waals surface area contributed by atoms with E-state index in [0.717, 1.165) is 17.1 Å². The number of furan rings is 1. The fourth-order valence-electron chi connectivity index (χ4n) is 3.69. The number of halogens is 2. The molecule has 0 bridgehead atoms. The van der Waals surface area contributed by atoms with Gasteiger partial charge in [0.1, 0.15) is 27.6 Å².